The van der Waals surface area contributed by atoms with Gasteiger partial charge in [0, 0.05) is 24.5 Å². The Morgan fingerprint density at radius 3 is 3.00 bits per heavy atom. The molecule has 1 atom stereocenters. The Kier molecular flexibility index (Phi) is 2.57. The molecule has 1 aromatic rings. The average Bonchev–Trinajstić information content (AvgIpc) is 2.17. The van der Waals surface area contributed by atoms with Crippen LogP contribution in [0.5, 0.6) is 0 Å². The zero-order valence-electron chi connectivity index (χ0n) is 8.75. The molecule has 1 amide bonds. The van der Waals surface area contributed by atoms with Crippen molar-refractivity contribution in [3.63, 3.8) is 0 Å². The van der Waals surface area contributed by atoms with Crippen LogP contribution in [-0.4, -0.2) is 18.5 Å². The monoisotopic (exact) mass is 224 g/mol. The van der Waals surface area contributed by atoms with Crippen LogP contribution in [0.15, 0.2) is 18.2 Å². The number of nitrogens with zero attached hydrogens (tertiary/aromatic N) is 1. The highest BCUT2D eigenvalue weighted by atomic mass is 35.5. The van der Waals surface area contributed by atoms with Crippen molar-refractivity contribution < 1.29 is 4.79 Å². The normalized spacial score (nSPS) is 19.4. The fourth-order valence-corrected chi connectivity index (χ4v) is 2.00. The fraction of sp³-hybridized carbons (Fsp3) is 0.364. The Labute approximate surface area is 94.0 Å². The van der Waals surface area contributed by atoms with Gasteiger partial charge in [-0.1, -0.05) is 11.6 Å². The molecule has 0 saturated heterocycles. The molecular weight excluding hydrogens is 212 g/mol. The Morgan fingerprint density at radius 2 is 2.33 bits per heavy atom. The van der Waals surface area contributed by atoms with Gasteiger partial charge in [-0.05, 0) is 25.1 Å². The van der Waals surface area contributed by atoms with E-state index in [-0.39, 0.29) is 11.9 Å². The van der Waals surface area contributed by atoms with Crippen molar-refractivity contribution in [2.24, 2.45) is 0 Å². The molecule has 0 saturated carbocycles. The van der Waals surface area contributed by atoms with Gasteiger partial charge in [0.2, 0.25) is 5.91 Å². The first-order valence-electron chi connectivity index (χ1n) is 4.92. The standard InChI is InChI=1S/C11H13ClN2O/c1-7-6-14(8(2)15)11-5-9(12)3-4-10(11)13-7/h3-5,7,13H,6H2,1-2H3/t7-/m0/s1. The first kappa shape index (κ1) is 10.3. The highest BCUT2D eigenvalue weighted by Gasteiger charge is 2.23. The van der Waals surface area contributed by atoms with Crippen LogP contribution < -0.4 is 10.2 Å². The lowest BCUT2D eigenvalue weighted by molar-refractivity contribution is -0.116. The van der Waals surface area contributed by atoms with E-state index in [2.05, 4.69) is 5.32 Å². The lowest BCUT2D eigenvalue weighted by Gasteiger charge is -2.33. The highest BCUT2D eigenvalue weighted by molar-refractivity contribution is 6.31. The van der Waals surface area contributed by atoms with Gasteiger partial charge in [0.25, 0.3) is 0 Å². The van der Waals surface area contributed by atoms with Crippen LogP contribution in [0.1, 0.15) is 13.8 Å². The summed E-state index contributed by atoms with van der Waals surface area (Å²) in [5, 5.41) is 3.97. The lowest BCUT2D eigenvalue weighted by atomic mass is 10.1. The molecule has 3 nitrogen and oxygen atoms in total. The molecule has 4 heteroatoms. The van der Waals surface area contributed by atoms with E-state index in [4.69, 9.17) is 11.6 Å². The first-order chi connectivity index (χ1) is 7.08. The second-order valence-electron chi connectivity index (χ2n) is 3.84. The maximum Gasteiger partial charge on any atom is 0.223 e. The summed E-state index contributed by atoms with van der Waals surface area (Å²) in [6.45, 7) is 4.30. The van der Waals surface area contributed by atoms with Gasteiger partial charge in [-0.25, -0.2) is 0 Å². The van der Waals surface area contributed by atoms with Crippen molar-refractivity contribution in [2.75, 3.05) is 16.8 Å². The van der Waals surface area contributed by atoms with Crippen molar-refractivity contribution in [2.45, 2.75) is 19.9 Å². The van der Waals surface area contributed by atoms with E-state index in [1.165, 1.54) is 0 Å². The highest BCUT2D eigenvalue weighted by Crippen LogP contribution is 2.33. The molecule has 0 unspecified atom stereocenters. The van der Waals surface area contributed by atoms with E-state index in [9.17, 15) is 4.79 Å². The quantitative estimate of drug-likeness (QED) is 0.735. The Balaban J connectivity index is 2.47. The molecule has 1 N–H and O–H groups in total. The third kappa shape index (κ3) is 1.92. The summed E-state index contributed by atoms with van der Waals surface area (Å²) in [6, 6.07) is 5.81. The van der Waals surface area contributed by atoms with Crippen molar-refractivity contribution in [3.8, 4) is 0 Å². The third-order valence-corrected chi connectivity index (χ3v) is 2.72. The molecule has 1 aliphatic heterocycles. The Bertz CT molecular complexity index is 406. The van der Waals surface area contributed by atoms with Crippen LogP contribution in [0.3, 0.4) is 0 Å². The van der Waals surface area contributed by atoms with Crippen LogP contribution in [-0.2, 0) is 4.79 Å². The number of hydrogen-bond donors (Lipinski definition) is 1. The van der Waals surface area contributed by atoms with E-state index in [1.807, 2.05) is 25.1 Å². The van der Waals surface area contributed by atoms with Gasteiger partial charge < -0.3 is 10.2 Å². The summed E-state index contributed by atoms with van der Waals surface area (Å²) < 4.78 is 0. The van der Waals surface area contributed by atoms with Crippen LogP contribution in [0.2, 0.25) is 5.02 Å². The first-order valence-corrected chi connectivity index (χ1v) is 5.30. The van der Waals surface area contributed by atoms with E-state index >= 15 is 0 Å². The number of fused-ring (bicyclic) bond motifs is 1. The third-order valence-electron chi connectivity index (χ3n) is 2.49. The zero-order valence-corrected chi connectivity index (χ0v) is 9.51. The van der Waals surface area contributed by atoms with Gasteiger partial charge in [-0.15, -0.1) is 0 Å². The maximum atomic E-state index is 11.5. The van der Waals surface area contributed by atoms with Crippen molar-refractivity contribution in [3.05, 3.63) is 23.2 Å². The molecule has 1 heterocycles. The van der Waals surface area contributed by atoms with Gasteiger partial charge >= 0.3 is 0 Å². The van der Waals surface area contributed by atoms with E-state index in [1.54, 1.807) is 11.8 Å². The summed E-state index contributed by atoms with van der Waals surface area (Å²) in [4.78, 5) is 13.2. The topological polar surface area (TPSA) is 32.3 Å². The molecule has 0 spiro atoms. The lowest BCUT2D eigenvalue weighted by Crippen LogP contribution is -2.42. The summed E-state index contributed by atoms with van der Waals surface area (Å²) in [5.41, 5.74) is 1.83. The number of rotatable bonds is 0. The zero-order chi connectivity index (χ0) is 11.0. The fourth-order valence-electron chi connectivity index (χ4n) is 1.83. The van der Waals surface area contributed by atoms with Crippen molar-refractivity contribution in [1.29, 1.82) is 0 Å². The predicted molar refractivity (Wildman–Crippen MR) is 62.6 cm³/mol. The molecular formula is C11H13ClN2O. The maximum absolute atomic E-state index is 11.5. The van der Waals surface area contributed by atoms with Gasteiger partial charge in [0.05, 0.1) is 11.4 Å². The van der Waals surface area contributed by atoms with Gasteiger partial charge in [-0.3, -0.25) is 4.79 Å². The number of nitrogens with one attached hydrogen (secondary N) is 1. The molecule has 0 fully saturated rings. The van der Waals surface area contributed by atoms with Gasteiger partial charge in [-0.2, -0.15) is 0 Å². The number of carbonyl (C=O) groups is 1. The number of hydrogen-bond acceptors (Lipinski definition) is 2. The molecule has 80 valence electrons. The summed E-state index contributed by atoms with van der Waals surface area (Å²) in [6.07, 6.45) is 0. The SMILES string of the molecule is CC(=O)N1C[C@H](C)Nc2ccc(Cl)cc21. The van der Waals surface area contributed by atoms with E-state index in [0.29, 0.717) is 11.6 Å². The largest absolute Gasteiger partial charge is 0.379 e. The van der Waals surface area contributed by atoms with Crippen LogP contribution in [0.25, 0.3) is 0 Å². The second kappa shape index (κ2) is 3.74. The minimum Gasteiger partial charge on any atom is -0.379 e. The molecule has 0 bridgehead atoms. The summed E-state index contributed by atoms with van der Waals surface area (Å²) >= 11 is 5.92. The van der Waals surface area contributed by atoms with Gasteiger partial charge in [0.1, 0.15) is 0 Å². The Hall–Kier alpha value is -1.22. The number of halogens is 1. The number of anilines is 2. The number of amides is 1. The molecule has 0 aliphatic carbocycles. The molecule has 1 aliphatic rings. The number of benzene rings is 1. The molecule has 0 radical (unpaired) electrons. The van der Waals surface area contributed by atoms with Crippen LogP contribution in [0, 0.1) is 0 Å². The molecule has 2 rings (SSSR count). The number of carbonyl (C=O) groups excluding carboxylic acids is 1. The Morgan fingerprint density at radius 1 is 1.60 bits per heavy atom. The van der Waals surface area contributed by atoms with E-state index in [0.717, 1.165) is 11.4 Å². The van der Waals surface area contributed by atoms with Crippen LogP contribution in [0.4, 0.5) is 11.4 Å². The summed E-state index contributed by atoms with van der Waals surface area (Å²) in [7, 11) is 0. The second-order valence-corrected chi connectivity index (χ2v) is 4.27. The molecule has 1 aromatic carbocycles. The average molecular weight is 225 g/mol. The minimum absolute atomic E-state index is 0.0480. The van der Waals surface area contributed by atoms with Crippen molar-refractivity contribution >= 4 is 28.9 Å². The van der Waals surface area contributed by atoms with Crippen molar-refractivity contribution in [1.82, 2.24) is 0 Å². The summed E-state index contributed by atoms with van der Waals surface area (Å²) in [5.74, 6) is 0.0480. The van der Waals surface area contributed by atoms with E-state index < -0.39 is 0 Å². The molecule has 15 heavy (non-hydrogen) atoms. The predicted octanol–water partition coefficient (Wildman–Crippen LogP) is 2.51. The smallest absolute Gasteiger partial charge is 0.223 e. The van der Waals surface area contributed by atoms with Gasteiger partial charge in [0.15, 0.2) is 0 Å². The minimum atomic E-state index is 0.0480. The molecule has 0 aromatic heterocycles. The van der Waals surface area contributed by atoms with Crippen LogP contribution >= 0.6 is 11.6 Å².